The Kier molecular flexibility index (Phi) is 3.37. The normalized spacial score (nSPS) is 23.7. The Hall–Kier alpha value is -2.41. The molecule has 2 heterocycles. The SMILES string of the molecule is COC(=O)C1=NNC2(CC(=O)N(c3cccc(Cl)c3)C2=O)C1. The number of carbonyl (C=O) groups is 3. The van der Waals surface area contributed by atoms with E-state index in [-0.39, 0.29) is 24.5 Å². The zero-order valence-electron chi connectivity index (χ0n) is 11.6. The fourth-order valence-electron chi connectivity index (χ4n) is 2.62. The van der Waals surface area contributed by atoms with Crippen LogP contribution in [-0.2, 0) is 19.1 Å². The van der Waals surface area contributed by atoms with Crippen molar-refractivity contribution in [3.63, 3.8) is 0 Å². The topological polar surface area (TPSA) is 88.1 Å². The zero-order chi connectivity index (χ0) is 15.9. The molecule has 1 atom stereocenters. The van der Waals surface area contributed by atoms with Gasteiger partial charge in [-0.15, -0.1) is 0 Å². The molecular weight excluding hydrogens is 310 g/mol. The summed E-state index contributed by atoms with van der Waals surface area (Å²) >= 11 is 5.90. The van der Waals surface area contributed by atoms with Crippen molar-refractivity contribution in [2.75, 3.05) is 12.0 Å². The lowest BCUT2D eigenvalue weighted by atomic mass is 9.93. The largest absolute Gasteiger partial charge is 0.464 e. The highest BCUT2D eigenvalue weighted by Crippen LogP contribution is 2.35. The minimum atomic E-state index is -1.22. The van der Waals surface area contributed by atoms with Crippen LogP contribution in [0.25, 0.3) is 0 Å². The number of nitrogens with one attached hydrogen (secondary N) is 1. The minimum Gasteiger partial charge on any atom is -0.464 e. The van der Waals surface area contributed by atoms with Gasteiger partial charge in [-0.2, -0.15) is 5.10 Å². The van der Waals surface area contributed by atoms with Crippen molar-refractivity contribution in [1.82, 2.24) is 5.43 Å². The summed E-state index contributed by atoms with van der Waals surface area (Å²) in [5, 5.41) is 4.26. The van der Waals surface area contributed by atoms with Crippen LogP contribution in [0.2, 0.25) is 5.02 Å². The number of carbonyl (C=O) groups excluding carboxylic acids is 3. The summed E-state index contributed by atoms with van der Waals surface area (Å²) in [6.45, 7) is 0. The predicted octanol–water partition coefficient (Wildman–Crippen LogP) is 0.864. The van der Waals surface area contributed by atoms with Crippen LogP contribution < -0.4 is 10.3 Å². The van der Waals surface area contributed by atoms with E-state index in [9.17, 15) is 14.4 Å². The first-order valence-corrected chi connectivity index (χ1v) is 6.90. The number of rotatable bonds is 2. The molecule has 2 aliphatic rings. The van der Waals surface area contributed by atoms with Crippen LogP contribution in [0.5, 0.6) is 0 Å². The lowest BCUT2D eigenvalue weighted by Crippen LogP contribution is -2.47. The molecule has 0 aromatic heterocycles. The first kappa shape index (κ1) is 14.5. The van der Waals surface area contributed by atoms with Crippen molar-refractivity contribution in [3.8, 4) is 0 Å². The first-order chi connectivity index (χ1) is 10.5. The highest BCUT2D eigenvalue weighted by atomic mass is 35.5. The van der Waals surface area contributed by atoms with Crippen molar-refractivity contribution in [3.05, 3.63) is 29.3 Å². The van der Waals surface area contributed by atoms with E-state index in [2.05, 4.69) is 15.3 Å². The monoisotopic (exact) mass is 321 g/mol. The second kappa shape index (κ2) is 5.10. The summed E-state index contributed by atoms with van der Waals surface area (Å²) in [6.07, 6.45) is -0.0658. The Labute approximate surface area is 130 Å². The number of benzene rings is 1. The zero-order valence-corrected chi connectivity index (χ0v) is 12.4. The standard InChI is InChI=1S/C14H12ClN3O4/c1-22-12(20)10-6-14(17-16-10)7-11(19)18(13(14)21)9-4-2-3-8(15)5-9/h2-5,17H,6-7H2,1H3. The summed E-state index contributed by atoms with van der Waals surface area (Å²) in [4.78, 5) is 37.5. The maximum absolute atomic E-state index is 12.7. The van der Waals surface area contributed by atoms with Gasteiger partial charge in [0.15, 0.2) is 0 Å². The second-order valence-corrected chi connectivity index (χ2v) is 5.55. The lowest BCUT2D eigenvalue weighted by molar-refractivity contribution is -0.132. The quantitative estimate of drug-likeness (QED) is 0.645. The maximum atomic E-state index is 12.7. The van der Waals surface area contributed by atoms with Crippen molar-refractivity contribution >= 4 is 40.8 Å². The van der Waals surface area contributed by atoms with Crippen LogP contribution >= 0.6 is 11.6 Å². The van der Waals surface area contributed by atoms with Gasteiger partial charge in [0.05, 0.1) is 19.2 Å². The van der Waals surface area contributed by atoms with Gasteiger partial charge in [0.25, 0.3) is 5.91 Å². The van der Waals surface area contributed by atoms with E-state index < -0.39 is 17.4 Å². The number of nitrogens with zero attached hydrogens (tertiary/aromatic N) is 2. The molecule has 0 aliphatic carbocycles. The third-order valence-electron chi connectivity index (χ3n) is 3.68. The molecule has 0 radical (unpaired) electrons. The van der Waals surface area contributed by atoms with E-state index >= 15 is 0 Å². The summed E-state index contributed by atoms with van der Waals surface area (Å²) in [5.41, 5.74) is 1.90. The van der Waals surface area contributed by atoms with Gasteiger partial charge in [-0.1, -0.05) is 17.7 Å². The van der Waals surface area contributed by atoms with Crippen LogP contribution in [-0.4, -0.2) is 36.1 Å². The number of hydrogen-bond acceptors (Lipinski definition) is 6. The highest BCUT2D eigenvalue weighted by molar-refractivity contribution is 6.39. The Morgan fingerprint density at radius 2 is 2.18 bits per heavy atom. The van der Waals surface area contributed by atoms with E-state index in [0.29, 0.717) is 10.7 Å². The average Bonchev–Trinajstić information content (AvgIpc) is 3.01. The fraction of sp³-hybridized carbons (Fsp3) is 0.286. The van der Waals surface area contributed by atoms with Crippen molar-refractivity contribution in [2.45, 2.75) is 18.4 Å². The van der Waals surface area contributed by atoms with E-state index in [1.54, 1.807) is 18.2 Å². The Balaban J connectivity index is 1.89. The second-order valence-electron chi connectivity index (χ2n) is 5.11. The van der Waals surface area contributed by atoms with Gasteiger partial charge in [0, 0.05) is 11.4 Å². The van der Waals surface area contributed by atoms with E-state index in [4.69, 9.17) is 11.6 Å². The van der Waals surface area contributed by atoms with Crippen LogP contribution in [0, 0.1) is 0 Å². The number of esters is 1. The number of halogens is 1. The molecule has 1 spiro atoms. The van der Waals surface area contributed by atoms with Crippen LogP contribution in [0.4, 0.5) is 5.69 Å². The van der Waals surface area contributed by atoms with Crippen molar-refractivity contribution in [2.24, 2.45) is 5.10 Å². The minimum absolute atomic E-state index is 0.0152. The molecule has 114 valence electrons. The summed E-state index contributed by atoms with van der Waals surface area (Å²) in [7, 11) is 1.23. The summed E-state index contributed by atoms with van der Waals surface area (Å²) in [6, 6.07) is 6.46. The number of anilines is 1. The van der Waals surface area contributed by atoms with E-state index in [1.165, 1.54) is 13.2 Å². The number of hydrazone groups is 1. The first-order valence-electron chi connectivity index (χ1n) is 6.52. The van der Waals surface area contributed by atoms with Gasteiger partial charge in [-0.05, 0) is 18.2 Å². The van der Waals surface area contributed by atoms with Crippen LogP contribution in [0.1, 0.15) is 12.8 Å². The van der Waals surface area contributed by atoms with Gasteiger partial charge >= 0.3 is 5.97 Å². The van der Waals surface area contributed by atoms with Gasteiger partial charge in [-0.3, -0.25) is 15.0 Å². The number of amides is 2. The van der Waals surface area contributed by atoms with Crippen molar-refractivity contribution < 1.29 is 19.1 Å². The number of imide groups is 1. The number of hydrogen-bond donors (Lipinski definition) is 1. The molecule has 1 unspecified atom stereocenters. The fourth-order valence-corrected chi connectivity index (χ4v) is 2.80. The number of ether oxygens (including phenoxy) is 1. The third-order valence-corrected chi connectivity index (χ3v) is 3.91. The van der Waals surface area contributed by atoms with E-state index in [0.717, 1.165) is 4.90 Å². The van der Waals surface area contributed by atoms with Gasteiger partial charge in [-0.25, -0.2) is 9.69 Å². The van der Waals surface area contributed by atoms with Gasteiger partial charge in [0.1, 0.15) is 11.3 Å². The maximum Gasteiger partial charge on any atom is 0.354 e. The molecule has 3 rings (SSSR count). The van der Waals surface area contributed by atoms with Crippen LogP contribution in [0.15, 0.2) is 29.4 Å². The molecule has 0 bridgehead atoms. The summed E-state index contributed by atoms with van der Waals surface area (Å²) in [5.74, 6) is -1.45. The molecule has 8 heteroatoms. The molecule has 22 heavy (non-hydrogen) atoms. The molecule has 1 N–H and O–H groups in total. The summed E-state index contributed by atoms with van der Waals surface area (Å²) < 4.78 is 4.59. The third kappa shape index (κ3) is 2.14. The predicted molar refractivity (Wildman–Crippen MR) is 78.5 cm³/mol. The molecule has 2 aliphatic heterocycles. The molecular formula is C14H12ClN3O4. The molecule has 1 aromatic rings. The molecule has 2 amide bonds. The molecule has 0 saturated carbocycles. The average molecular weight is 322 g/mol. The van der Waals surface area contributed by atoms with Crippen molar-refractivity contribution in [1.29, 1.82) is 0 Å². The molecule has 1 fully saturated rings. The van der Waals surface area contributed by atoms with Gasteiger partial charge < -0.3 is 4.74 Å². The van der Waals surface area contributed by atoms with E-state index in [1.807, 2.05) is 0 Å². The highest BCUT2D eigenvalue weighted by Gasteiger charge is 2.56. The smallest absolute Gasteiger partial charge is 0.354 e. The molecule has 1 aromatic carbocycles. The number of methoxy groups -OCH3 is 1. The Morgan fingerprint density at radius 3 is 2.86 bits per heavy atom. The Bertz CT molecular complexity index is 718. The lowest BCUT2D eigenvalue weighted by Gasteiger charge is -2.21. The molecule has 7 nitrogen and oxygen atoms in total. The van der Waals surface area contributed by atoms with Crippen LogP contribution in [0.3, 0.4) is 0 Å². The Morgan fingerprint density at radius 1 is 1.41 bits per heavy atom. The van der Waals surface area contributed by atoms with Gasteiger partial charge in [0.2, 0.25) is 5.91 Å². The molecule has 1 saturated heterocycles.